The molecule has 0 saturated carbocycles. The number of para-hydroxylation sites is 1. The molecule has 0 spiro atoms. The molecule has 1 amide bonds. The predicted molar refractivity (Wildman–Crippen MR) is 141 cm³/mol. The highest BCUT2D eigenvalue weighted by Crippen LogP contribution is 2.48. The van der Waals surface area contributed by atoms with E-state index in [1.54, 1.807) is 14.0 Å². The molecule has 0 aromatic heterocycles. The van der Waals surface area contributed by atoms with Crippen molar-refractivity contribution in [1.82, 2.24) is 9.80 Å². The van der Waals surface area contributed by atoms with Crippen LogP contribution in [0.2, 0.25) is 0 Å². The molecule has 0 bridgehead atoms. The molecule has 5 rings (SSSR count). The van der Waals surface area contributed by atoms with Crippen molar-refractivity contribution < 1.29 is 19.1 Å². The molecule has 186 valence electrons. The van der Waals surface area contributed by atoms with E-state index in [1.807, 2.05) is 69.8 Å². The lowest BCUT2D eigenvalue weighted by Gasteiger charge is -2.37. The molecule has 0 N–H and O–H groups in total. The fraction of sp³-hybridized carbons (Fsp3) is 0.321. The number of rotatable bonds is 7. The Morgan fingerprint density at radius 1 is 1.06 bits per heavy atom. The molecule has 0 unspecified atom stereocenters. The van der Waals surface area contributed by atoms with Crippen LogP contribution in [0.15, 0.2) is 76.3 Å². The average Bonchev–Trinajstić information content (AvgIpc) is 3.59. The Bertz CT molecular complexity index is 1250. The molecule has 3 heterocycles. The number of ether oxygens (including phenoxy) is 2. The van der Waals surface area contributed by atoms with Gasteiger partial charge in [-0.25, -0.2) is 9.79 Å². The van der Waals surface area contributed by atoms with Crippen LogP contribution in [0, 0.1) is 0 Å². The minimum absolute atomic E-state index is 0.0925. The van der Waals surface area contributed by atoms with E-state index in [0.717, 1.165) is 47.9 Å². The van der Waals surface area contributed by atoms with E-state index in [4.69, 9.17) is 14.5 Å². The van der Waals surface area contributed by atoms with Gasteiger partial charge < -0.3 is 19.3 Å². The molecule has 1 saturated heterocycles. The summed E-state index contributed by atoms with van der Waals surface area (Å²) >= 11 is 1.47. The van der Waals surface area contributed by atoms with Crippen LogP contribution in [0.1, 0.15) is 43.4 Å². The van der Waals surface area contributed by atoms with Crippen molar-refractivity contribution in [1.29, 1.82) is 0 Å². The van der Waals surface area contributed by atoms with Crippen LogP contribution in [0.25, 0.3) is 5.70 Å². The lowest BCUT2D eigenvalue weighted by atomic mass is 9.91. The Labute approximate surface area is 215 Å². The van der Waals surface area contributed by atoms with E-state index >= 15 is 0 Å². The minimum Gasteiger partial charge on any atom is -0.496 e. The molecule has 3 aliphatic rings. The number of carbonyl (C=O) groups excluding carboxylic acids is 2. The smallest absolute Gasteiger partial charge is 0.338 e. The van der Waals surface area contributed by atoms with Crippen molar-refractivity contribution in [3.05, 3.63) is 82.4 Å². The number of hydrogen-bond donors (Lipinski definition) is 0. The molecule has 8 heteroatoms. The second-order valence-electron chi connectivity index (χ2n) is 8.75. The van der Waals surface area contributed by atoms with Gasteiger partial charge in [0, 0.05) is 29.9 Å². The summed E-state index contributed by atoms with van der Waals surface area (Å²) in [7, 11) is 1.62. The summed E-state index contributed by atoms with van der Waals surface area (Å²) in [6.07, 6.45) is 2.32. The number of aliphatic imine (C=N–C) groups is 1. The number of nitrogens with zero attached hydrogens (tertiary/aromatic N) is 3. The quantitative estimate of drug-likeness (QED) is 0.496. The standard InChI is InChI=1S/C28H29N3O4S/c1-3-35-27(33)24-25(19-11-5-4-6-12-19)29-28-31(26(24)21-13-7-8-14-22(21)34-2)20(18-36-28)17-23(32)30-15-9-10-16-30/h4-8,11-14,18,26H,3,9-10,15-17H2,1-2H3/t26-/m1/s1. The highest BCUT2D eigenvalue weighted by Gasteiger charge is 2.43. The van der Waals surface area contributed by atoms with Crippen molar-refractivity contribution in [2.24, 2.45) is 4.99 Å². The predicted octanol–water partition coefficient (Wildman–Crippen LogP) is 4.98. The molecule has 2 aromatic carbocycles. The van der Waals surface area contributed by atoms with Crippen LogP contribution >= 0.6 is 11.8 Å². The van der Waals surface area contributed by atoms with Crippen molar-refractivity contribution in [2.45, 2.75) is 32.2 Å². The highest BCUT2D eigenvalue weighted by atomic mass is 32.2. The van der Waals surface area contributed by atoms with Gasteiger partial charge in [-0.3, -0.25) is 4.79 Å². The third kappa shape index (κ3) is 4.53. The summed E-state index contributed by atoms with van der Waals surface area (Å²) in [5.74, 6) is 0.312. The molecular weight excluding hydrogens is 474 g/mol. The second kappa shape index (κ2) is 10.6. The number of likely N-dealkylation sites (tertiary alicyclic amines) is 1. The third-order valence-electron chi connectivity index (χ3n) is 6.58. The topological polar surface area (TPSA) is 71.4 Å². The minimum atomic E-state index is -0.560. The van der Waals surface area contributed by atoms with E-state index in [0.29, 0.717) is 17.0 Å². The fourth-order valence-corrected chi connectivity index (χ4v) is 5.83. The van der Waals surface area contributed by atoms with Gasteiger partial charge in [0.25, 0.3) is 0 Å². The van der Waals surface area contributed by atoms with Crippen molar-refractivity contribution in [3.8, 4) is 5.75 Å². The summed E-state index contributed by atoms with van der Waals surface area (Å²) in [6.45, 7) is 3.62. The molecule has 7 nitrogen and oxygen atoms in total. The zero-order valence-corrected chi connectivity index (χ0v) is 21.3. The number of amides is 1. The normalized spacial score (nSPS) is 19.1. The van der Waals surface area contributed by atoms with Gasteiger partial charge in [0.1, 0.15) is 5.75 Å². The number of benzene rings is 2. The summed E-state index contributed by atoms with van der Waals surface area (Å²) in [6, 6.07) is 16.8. The van der Waals surface area contributed by atoms with Crippen LogP contribution in [0.5, 0.6) is 5.75 Å². The molecule has 1 fully saturated rings. The average molecular weight is 504 g/mol. The van der Waals surface area contributed by atoms with Gasteiger partial charge in [-0.2, -0.15) is 0 Å². The van der Waals surface area contributed by atoms with Gasteiger partial charge in [0.15, 0.2) is 5.17 Å². The molecular formula is C28H29N3O4S. The number of fused-ring (bicyclic) bond motifs is 1. The first-order valence-corrected chi connectivity index (χ1v) is 13.1. The zero-order chi connectivity index (χ0) is 25.1. The number of thioether (sulfide) groups is 1. The Morgan fingerprint density at radius 3 is 2.50 bits per heavy atom. The fourth-order valence-electron chi connectivity index (χ4n) is 4.91. The monoisotopic (exact) mass is 503 g/mol. The van der Waals surface area contributed by atoms with E-state index in [2.05, 4.69) is 0 Å². The second-order valence-corrected chi connectivity index (χ2v) is 9.59. The van der Waals surface area contributed by atoms with Gasteiger partial charge in [-0.15, -0.1) is 0 Å². The van der Waals surface area contributed by atoms with Crippen LogP contribution in [-0.4, -0.2) is 53.7 Å². The molecule has 3 aliphatic heterocycles. The van der Waals surface area contributed by atoms with Gasteiger partial charge >= 0.3 is 5.97 Å². The highest BCUT2D eigenvalue weighted by molar-refractivity contribution is 8.16. The van der Waals surface area contributed by atoms with Crippen LogP contribution in [-0.2, 0) is 14.3 Å². The molecule has 0 radical (unpaired) electrons. The Kier molecular flexibility index (Phi) is 7.13. The lowest BCUT2D eigenvalue weighted by molar-refractivity contribution is -0.139. The van der Waals surface area contributed by atoms with Crippen LogP contribution < -0.4 is 4.74 Å². The van der Waals surface area contributed by atoms with Gasteiger partial charge in [0.05, 0.1) is 37.4 Å². The van der Waals surface area contributed by atoms with E-state index in [1.165, 1.54) is 11.8 Å². The van der Waals surface area contributed by atoms with E-state index < -0.39 is 12.0 Å². The number of hydrogen-bond acceptors (Lipinski definition) is 7. The SMILES string of the molecule is CCOC(=O)C1=C(c2ccccc2)N=C2SC=C(CC(=O)N3CCCC3)N2[C@@H]1c1ccccc1OC. The van der Waals surface area contributed by atoms with Gasteiger partial charge in [-0.1, -0.05) is 60.3 Å². The van der Waals surface area contributed by atoms with Gasteiger partial charge in [-0.05, 0) is 31.2 Å². The number of esters is 1. The number of carbonyl (C=O) groups is 2. The maximum Gasteiger partial charge on any atom is 0.338 e. The van der Waals surface area contributed by atoms with Crippen LogP contribution in [0.4, 0.5) is 0 Å². The summed E-state index contributed by atoms with van der Waals surface area (Å²) < 4.78 is 11.3. The van der Waals surface area contributed by atoms with Crippen molar-refractivity contribution in [2.75, 3.05) is 26.8 Å². The first kappa shape index (κ1) is 24.2. The first-order valence-electron chi connectivity index (χ1n) is 12.2. The van der Waals surface area contributed by atoms with Crippen LogP contribution in [0.3, 0.4) is 0 Å². The van der Waals surface area contributed by atoms with E-state index in [9.17, 15) is 9.59 Å². The summed E-state index contributed by atoms with van der Waals surface area (Å²) in [4.78, 5) is 35.6. The Morgan fingerprint density at radius 2 is 1.78 bits per heavy atom. The van der Waals surface area contributed by atoms with Crippen molar-refractivity contribution in [3.63, 3.8) is 0 Å². The molecule has 2 aromatic rings. The number of methoxy groups -OCH3 is 1. The Balaban J connectivity index is 1.65. The maximum absolute atomic E-state index is 13.6. The Hall–Kier alpha value is -3.52. The molecule has 36 heavy (non-hydrogen) atoms. The van der Waals surface area contributed by atoms with Gasteiger partial charge in [0.2, 0.25) is 5.91 Å². The lowest BCUT2D eigenvalue weighted by Crippen LogP contribution is -2.38. The largest absolute Gasteiger partial charge is 0.496 e. The molecule has 1 atom stereocenters. The summed E-state index contributed by atoms with van der Waals surface area (Å²) in [5, 5.41) is 2.70. The first-order chi connectivity index (χ1) is 17.6. The zero-order valence-electron chi connectivity index (χ0n) is 20.5. The maximum atomic E-state index is 13.6. The molecule has 0 aliphatic carbocycles. The van der Waals surface area contributed by atoms with Crippen molar-refractivity contribution >= 4 is 34.5 Å². The van der Waals surface area contributed by atoms with E-state index in [-0.39, 0.29) is 18.9 Å². The summed E-state index contributed by atoms with van der Waals surface area (Å²) in [5.41, 5.74) is 3.46. The third-order valence-corrected chi connectivity index (χ3v) is 7.47. The number of amidine groups is 1.